The Labute approximate surface area is 94.2 Å². The molecule has 0 saturated carbocycles. The van der Waals surface area contributed by atoms with E-state index in [-0.39, 0.29) is 5.91 Å². The third-order valence-corrected chi connectivity index (χ3v) is 3.15. The van der Waals surface area contributed by atoms with E-state index >= 15 is 0 Å². The molecule has 0 aliphatic carbocycles. The van der Waals surface area contributed by atoms with E-state index in [1.54, 1.807) is 11.8 Å². The molecule has 84 valence electrons. The Morgan fingerprint density at radius 3 is 2.67 bits per heavy atom. The smallest absolute Gasteiger partial charge is 0.235 e. The van der Waals surface area contributed by atoms with Crippen LogP contribution < -0.4 is 5.32 Å². The molecule has 0 aliphatic heterocycles. The third kappa shape index (κ3) is 3.58. The Morgan fingerprint density at radius 1 is 1.53 bits per heavy atom. The van der Waals surface area contributed by atoms with Crippen molar-refractivity contribution in [3.63, 3.8) is 0 Å². The molecule has 0 atom stereocenters. The van der Waals surface area contributed by atoms with Crippen molar-refractivity contribution in [1.82, 2.24) is 10.2 Å². The van der Waals surface area contributed by atoms with Gasteiger partial charge in [-0.2, -0.15) is 5.10 Å². The molecule has 0 fully saturated rings. The lowest BCUT2D eigenvalue weighted by atomic mass is 10.3. The maximum atomic E-state index is 11.5. The number of nitrogens with zero attached hydrogens (tertiary/aromatic N) is 1. The lowest BCUT2D eigenvalue weighted by molar-refractivity contribution is -0.113. The van der Waals surface area contributed by atoms with Gasteiger partial charge in [0.1, 0.15) is 0 Å². The molecule has 1 amide bonds. The van der Waals surface area contributed by atoms with E-state index in [9.17, 15) is 4.79 Å². The van der Waals surface area contributed by atoms with E-state index < -0.39 is 0 Å². The van der Waals surface area contributed by atoms with Gasteiger partial charge in [0.15, 0.2) is 5.82 Å². The summed E-state index contributed by atoms with van der Waals surface area (Å²) in [5.41, 5.74) is 1.99. The fraction of sp³-hybridized carbons (Fsp3) is 0.600. The first-order chi connectivity index (χ1) is 7.00. The summed E-state index contributed by atoms with van der Waals surface area (Å²) in [7, 11) is 0. The van der Waals surface area contributed by atoms with Crippen molar-refractivity contribution in [3.05, 3.63) is 11.3 Å². The van der Waals surface area contributed by atoms with Crippen molar-refractivity contribution in [2.24, 2.45) is 0 Å². The number of aryl methyl sites for hydroxylation is 1. The van der Waals surface area contributed by atoms with E-state index in [0.29, 0.717) is 16.8 Å². The van der Waals surface area contributed by atoms with Gasteiger partial charge >= 0.3 is 0 Å². The van der Waals surface area contributed by atoms with E-state index in [4.69, 9.17) is 0 Å². The molecule has 0 unspecified atom stereocenters. The average molecular weight is 227 g/mol. The number of H-pyrrole nitrogens is 1. The normalized spacial score (nSPS) is 10.7. The highest BCUT2D eigenvalue weighted by Crippen LogP contribution is 2.15. The van der Waals surface area contributed by atoms with Crippen LogP contribution in [0.4, 0.5) is 5.82 Å². The van der Waals surface area contributed by atoms with Crippen molar-refractivity contribution in [2.75, 3.05) is 11.1 Å². The molecule has 0 saturated heterocycles. The lowest BCUT2D eigenvalue weighted by Crippen LogP contribution is -2.16. The van der Waals surface area contributed by atoms with Gasteiger partial charge in [-0.15, -0.1) is 11.8 Å². The molecule has 0 aliphatic rings. The van der Waals surface area contributed by atoms with E-state index in [1.807, 2.05) is 13.8 Å². The maximum absolute atomic E-state index is 11.5. The zero-order valence-corrected chi connectivity index (χ0v) is 10.4. The third-order valence-electron chi connectivity index (χ3n) is 2.06. The van der Waals surface area contributed by atoms with Crippen LogP contribution in [0.3, 0.4) is 0 Å². The fourth-order valence-corrected chi connectivity index (χ4v) is 1.57. The number of amides is 1. The first-order valence-electron chi connectivity index (χ1n) is 4.93. The highest BCUT2D eigenvalue weighted by molar-refractivity contribution is 8.00. The van der Waals surface area contributed by atoms with E-state index in [1.165, 1.54) is 0 Å². The summed E-state index contributed by atoms with van der Waals surface area (Å²) in [5, 5.41) is 10.1. The Morgan fingerprint density at radius 2 is 2.20 bits per heavy atom. The van der Waals surface area contributed by atoms with Crippen LogP contribution in [0.2, 0.25) is 0 Å². The molecule has 1 rings (SSSR count). The van der Waals surface area contributed by atoms with E-state index in [0.717, 1.165) is 11.3 Å². The van der Waals surface area contributed by atoms with Gasteiger partial charge in [-0.05, 0) is 19.1 Å². The molecule has 0 radical (unpaired) electrons. The zero-order chi connectivity index (χ0) is 11.4. The molecule has 0 aromatic carbocycles. The largest absolute Gasteiger partial charge is 0.308 e. The number of rotatable bonds is 4. The molecule has 15 heavy (non-hydrogen) atoms. The Kier molecular flexibility index (Phi) is 4.20. The number of aromatic nitrogens is 2. The standard InChI is InChI=1S/C10H17N3OS/c1-6(2)15-5-9(14)11-10-7(3)8(4)12-13-10/h6H,5H2,1-4H3,(H2,11,12,13,14). The van der Waals surface area contributed by atoms with Crippen molar-refractivity contribution < 1.29 is 4.79 Å². The second kappa shape index (κ2) is 5.21. The minimum atomic E-state index is 0.00306. The number of anilines is 1. The number of aromatic amines is 1. The molecule has 0 bridgehead atoms. The quantitative estimate of drug-likeness (QED) is 0.828. The Bertz CT molecular complexity index is 346. The van der Waals surface area contributed by atoms with Gasteiger partial charge in [0.25, 0.3) is 0 Å². The summed E-state index contributed by atoms with van der Waals surface area (Å²) in [6.07, 6.45) is 0. The average Bonchev–Trinajstić information content (AvgIpc) is 2.47. The van der Waals surface area contributed by atoms with Crippen LogP contribution in [0, 0.1) is 13.8 Å². The highest BCUT2D eigenvalue weighted by atomic mass is 32.2. The van der Waals surface area contributed by atoms with Gasteiger partial charge in [-0.3, -0.25) is 9.89 Å². The van der Waals surface area contributed by atoms with Crippen molar-refractivity contribution in [3.8, 4) is 0 Å². The number of nitrogens with one attached hydrogen (secondary N) is 2. The van der Waals surface area contributed by atoms with Gasteiger partial charge in [-0.1, -0.05) is 13.8 Å². The summed E-state index contributed by atoms with van der Waals surface area (Å²) in [6, 6.07) is 0. The molecule has 5 heteroatoms. The molecule has 2 N–H and O–H groups in total. The van der Waals surface area contributed by atoms with Gasteiger partial charge in [0.2, 0.25) is 5.91 Å². The van der Waals surface area contributed by atoms with E-state index in [2.05, 4.69) is 29.4 Å². The molecule has 1 aromatic heterocycles. The lowest BCUT2D eigenvalue weighted by Gasteiger charge is -2.05. The van der Waals surface area contributed by atoms with Gasteiger partial charge in [-0.25, -0.2) is 0 Å². The first-order valence-corrected chi connectivity index (χ1v) is 5.98. The predicted octanol–water partition coefficient (Wildman–Crippen LogP) is 2.11. The van der Waals surface area contributed by atoms with Crippen LogP contribution in [0.15, 0.2) is 0 Å². The molecule has 0 spiro atoms. The minimum Gasteiger partial charge on any atom is -0.308 e. The van der Waals surface area contributed by atoms with Crippen LogP contribution in [0.25, 0.3) is 0 Å². The molecule has 1 aromatic rings. The van der Waals surface area contributed by atoms with Gasteiger partial charge in [0.05, 0.1) is 5.75 Å². The van der Waals surface area contributed by atoms with Crippen LogP contribution >= 0.6 is 11.8 Å². The Balaban J connectivity index is 2.48. The monoisotopic (exact) mass is 227 g/mol. The number of thioether (sulfide) groups is 1. The molecule has 4 nitrogen and oxygen atoms in total. The van der Waals surface area contributed by atoms with Crippen LogP contribution in [0.1, 0.15) is 25.1 Å². The number of carbonyl (C=O) groups excluding carboxylic acids is 1. The number of hydrogen-bond acceptors (Lipinski definition) is 3. The fourth-order valence-electron chi connectivity index (χ4n) is 1.02. The van der Waals surface area contributed by atoms with Gasteiger partial charge < -0.3 is 5.32 Å². The predicted molar refractivity (Wildman–Crippen MR) is 64.3 cm³/mol. The van der Waals surface area contributed by atoms with Crippen LogP contribution in [0.5, 0.6) is 0 Å². The summed E-state index contributed by atoms with van der Waals surface area (Å²) in [5.74, 6) is 1.12. The maximum Gasteiger partial charge on any atom is 0.235 e. The minimum absolute atomic E-state index is 0.00306. The SMILES string of the molecule is Cc1[nH]nc(NC(=O)CSC(C)C)c1C. The number of carbonyl (C=O) groups is 1. The molecular weight excluding hydrogens is 210 g/mol. The summed E-state index contributed by atoms with van der Waals surface area (Å²) in [4.78, 5) is 11.5. The van der Waals surface area contributed by atoms with Gasteiger partial charge in [0, 0.05) is 11.3 Å². The summed E-state index contributed by atoms with van der Waals surface area (Å²) in [6.45, 7) is 8.01. The second-order valence-corrected chi connectivity index (χ2v) is 5.29. The van der Waals surface area contributed by atoms with Crippen molar-refractivity contribution in [1.29, 1.82) is 0 Å². The van der Waals surface area contributed by atoms with Crippen LogP contribution in [-0.2, 0) is 4.79 Å². The zero-order valence-electron chi connectivity index (χ0n) is 9.55. The first kappa shape index (κ1) is 12.1. The topological polar surface area (TPSA) is 57.8 Å². The highest BCUT2D eigenvalue weighted by Gasteiger charge is 2.09. The number of hydrogen-bond donors (Lipinski definition) is 2. The van der Waals surface area contributed by atoms with Crippen LogP contribution in [-0.4, -0.2) is 27.1 Å². The summed E-state index contributed by atoms with van der Waals surface area (Å²) < 4.78 is 0. The Hall–Kier alpha value is -0.970. The second-order valence-electron chi connectivity index (χ2n) is 3.73. The van der Waals surface area contributed by atoms with Crippen molar-refractivity contribution in [2.45, 2.75) is 32.9 Å². The molecular formula is C10H17N3OS. The molecule has 1 heterocycles. The van der Waals surface area contributed by atoms with Crippen molar-refractivity contribution >= 4 is 23.5 Å². The summed E-state index contributed by atoms with van der Waals surface area (Å²) >= 11 is 1.62.